The second kappa shape index (κ2) is 6.39. The molecule has 0 saturated heterocycles. The number of furan rings is 1. The second-order valence-electron chi connectivity index (χ2n) is 4.83. The molecule has 108 valence electrons. The number of nitrogens with two attached hydrogens (primary N) is 1. The molecule has 1 aromatic carbocycles. The van der Waals surface area contributed by atoms with Crippen molar-refractivity contribution in [1.29, 1.82) is 0 Å². The number of aryl methyl sites for hydroxylation is 1. The summed E-state index contributed by atoms with van der Waals surface area (Å²) >= 11 is 6.12. The number of nitrogens with zero attached hydrogens (tertiary/aromatic N) is 1. The lowest BCUT2D eigenvalue weighted by Crippen LogP contribution is -2.30. The number of benzene rings is 1. The van der Waals surface area contributed by atoms with Crippen LogP contribution in [0.4, 0.5) is 4.39 Å². The minimum Gasteiger partial charge on any atom is -0.469 e. The van der Waals surface area contributed by atoms with Crippen LogP contribution in [-0.4, -0.2) is 18.5 Å². The zero-order valence-electron chi connectivity index (χ0n) is 11.6. The minimum atomic E-state index is -0.345. The molecule has 3 nitrogen and oxygen atoms in total. The Balaban J connectivity index is 2.21. The van der Waals surface area contributed by atoms with Crippen molar-refractivity contribution in [1.82, 2.24) is 4.90 Å². The highest BCUT2D eigenvalue weighted by Crippen LogP contribution is 2.28. The first-order valence-electron chi connectivity index (χ1n) is 6.41. The van der Waals surface area contributed by atoms with Crippen LogP contribution in [0, 0.1) is 12.7 Å². The van der Waals surface area contributed by atoms with Crippen molar-refractivity contribution in [2.24, 2.45) is 5.73 Å². The first-order valence-corrected chi connectivity index (χ1v) is 6.79. The molecule has 1 unspecified atom stereocenters. The van der Waals surface area contributed by atoms with E-state index in [0.29, 0.717) is 18.1 Å². The van der Waals surface area contributed by atoms with Crippen LogP contribution >= 0.6 is 11.6 Å². The number of rotatable bonds is 5. The Morgan fingerprint density at radius 2 is 2.15 bits per heavy atom. The summed E-state index contributed by atoms with van der Waals surface area (Å²) < 4.78 is 18.4. The van der Waals surface area contributed by atoms with E-state index >= 15 is 0 Å². The summed E-state index contributed by atoms with van der Waals surface area (Å²) in [6.07, 6.45) is 1.67. The molecule has 1 aromatic heterocycles. The van der Waals surface area contributed by atoms with Crippen molar-refractivity contribution >= 4 is 11.6 Å². The Morgan fingerprint density at radius 3 is 2.70 bits per heavy atom. The van der Waals surface area contributed by atoms with E-state index in [1.165, 1.54) is 12.1 Å². The maximum atomic E-state index is 13.1. The molecule has 0 radical (unpaired) electrons. The quantitative estimate of drug-likeness (QED) is 0.918. The third-order valence-electron chi connectivity index (χ3n) is 3.46. The first kappa shape index (κ1) is 15.0. The largest absolute Gasteiger partial charge is 0.469 e. The van der Waals surface area contributed by atoms with Gasteiger partial charge in [-0.15, -0.1) is 0 Å². The molecule has 0 aliphatic rings. The van der Waals surface area contributed by atoms with Crippen molar-refractivity contribution in [3.63, 3.8) is 0 Å². The molecule has 5 heteroatoms. The summed E-state index contributed by atoms with van der Waals surface area (Å²) in [7, 11) is 1.96. The van der Waals surface area contributed by atoms with E-state index in [1.807, 2.05) is 20.0 Å². The fourth-order valence-electron chi connectivity index (χ4n) is 2.27. The number of hydrogen-bond donors (Lipinski definition) is 1. The SMILES string of the molecule is Cc1occc1CN(C)C(CN)c1ccc(F)cc1Cl. The zero-order chi connectivity index (χ0) is 14.7. The van der Waals surface area contributed by atoms with Crippen LogP contribution in [0.3, 0.4) is 0 Å². The maximum absolute atomic E-state index is 13.1. The van der Waals surface area contributed by atoms with Crippen molar-refractivity contribution in [3.05, 3.63) is 58.3 Å². The molecule has 0 spiro atoms. The Hall–Kier alpha value is -1.36. The van der Waals surface area contributed by atoms with Gasteiger partial charge in [0.2, 0.25) is 0 Å². The van der Waals surface area contributed by atoms with Crippen molar-refractivity contribution in [3.8, 4) is 0 Å². The molecule has 0 aliphatic carbocycles. The monoisotopic (exact) mass is 296 g/mol. The van der Waals surface area contributed by atoms with Gasteiger partial charge in [-0.05, 0) is 37.7 Å². The molecule has 1 heterocycles. The average molecular weight is 297 g/mol. The van der Waals surface area contributed by atoms with E-state index in [1.54, 1.807) is 12.3 Å². The third kappa shape index (κ3) is 3.20. The predicted molar refractivity (Wildman–Crippen MR) is 78.1 cm³/mol. The van der Waals surface area contributed by atoms with Crippen LogP contribution in [0.2, 0.25) is 5.02 Å². The predicted octanol–water partition coefficient (Wildman–Crippen LogP) is 3.51. The van der Waals surface area contributed by atoms with Crippen molar-refractivity contribution in [2.45, 2.75) is 19.5 Å². The molecule has 0 bridgehead atoms. The topological polar surface area (TPSA) is 42.4 Å². The third-order valence-corrected chi connectivity index (χ3v) is 3.79. The van der Waals surface area contributed by atoms with Gasteiger partial charge in [0.25, 0.3) is 0 Å². The Bertz CT molecular complexity index is 585. The first-order chi connectivity index (χ1) is 9.52. The van der Waals surface area contributed by atoms with Crippen LogP contribution in [0.15, 0.2) is 34.9 Å². The molecular weight excluding hydrogens is 279 g/mol. The van der Waals surface area contributed by atoms with Gasteiger partial charge < -0.3 is 10.2 Å². The Kier molecular flexibility index (Phi) is 4.81. The molecule has 2 rings (SSSR count). The molecule has 0 amide bonds. The van der Waals surface area contributed by atoms with Crippen molar-refractivity contribution in [2.75, 3.05) is 13.6 Å². The second-order valence-corrected chi connectivity index (χ2v) is 5.24. The molecule has 2 aromatic rings. The molecule has 2 N–H and O–H groups in total. The van der Waals surface area contributed by atoms with Crippen LogP contribution in [0.1, 0.15) is 22.9 Å². The highest BCUT2D eigenvalue weighted by Gasteiger charge is 2.19. The highest BCUT2D eigenvalue weighted by molar-refractivity contribution is 6.31. The summed E-state index contributed by atoms with van der Waals surface area (Å²) in [6, 6.07) is 6.27. The van der Waals surface area contributed by atoms with Crippen LogP contribution in [-0.2, 0) is 6.54 Å². The summed E-state index contributed by atoms with van der Waals surface area (Å²) in [5.41, 5.74) is 7.80. The molecule has 0 fully saturated rings. The minimum absolute atomic E-state index is 0.0719. The standard InChI is InChI=1S/C15H18ClFN2O/c1-10-11(5-6-20-10)9-19(2)15(8-18)13-4-3-12(17)7-14(13)16/h3-7,15H,8-9,18H2,1-2H3. The van der Waals surface area contributed by atoms with Gasteiger partial charge in [-0.2, -0.15) is 0 Å². The van der Waals surface area contributed by atoms with E-state index in [0.717, 1.165) is 16.9 Å². The maximum Gasteiger partial charge on any atom is 0.124 e. The lowest BCUT2D eigenvalue weighted by atomic mass is 10.0. The van der Waals surface area contributed by atoms with Crippen LogP contribution in [0.5, 0.6) is 0 Å². The van der Waals surface area contributed by atoms with Crippen molar-refractivity contribution < 1.29 is 8.81 Å². The lowest BCUT2D eigenvalue weighted by molar-refractivity contribution is 0.240. The van der Waals surface area contributed by atoms with Crippen LogP contribution < -0.4 is 5.73 Å². The van der Waals surface area contributed by atoms with E-state index in [2.05, 4.69) is 4.90 Å². The normalized spacial score (nSPS) is 12.9. The van der Waals surface area contributed by atoms with Gasteiger partial charge in [0.1, 0.15) is 11.6 Å². The summed E-state index contributed by atoms with van der Waals surface area (Å²) in [4.78, 5) is 2.08. The zero-order valence-corrected chi connectivity index (χ0v) is 12.3. The molecule has 0 saturated carbocycles. The van der Waals surface area contributed by atoms with E-state index in [4.69, 9.17) is 21.8 Å². The van der Waals surface area contributed by atoms with Gasteiger partial charge in [-0.25, -0.2) is 4.39 Å². The van der Waals surface area contributed by atoms with E-state index in [-0.39, 0.29) is 11.9 Å². The van der Waals surface area contributed by atoms with Gasteiger partial charge in [0.05, 0.1) is 6.26 Å². The summed E-state index contributed by atoms with van der Waals surface area (Å²) in [5.74, 6) is 0.542. The van der Waals surface area contributed by atoms with Gasteiger partial charge in [-0.1, -0.05) is 17.7 Å². The smallest absolute Gasteiger partial charge is 0.124 e. The summed E-state index contributed by atoms with van der Waals surface area (Å²) in [6.45, 7) is 3.02. The highest BCUT2D eigenvalue weighted by atomic mass is 35.5. The number of halogens is 2. The molecule has 1 atom stereocenters. The fraction of sp³-hybridized carbons (Fsp3) is 0.333. The lowest BCUT2D eigenvalue weighted by Gasteiger charge is -2.28. The van der Waals surface area contributed by atoms with Crippen LogP contribution in [0.25, 0.3) is 0 Å². The van der Waals surface area contributed by atoms with E-state index in [9.17, 15) is 4.39 Å². The van der Waals surface area contributed by atoms with Gasteiger partial charge in [0.15, 0.2) is 0 Å². The van der Waals surface area contributed by atoms with E-state index < -0.39 is 0 Å². The van der Waals surface area contributed by atoms with Gasteiger partial charge in [-0.3, -0.25) is 4.90 Å². The summed E-state index contributed by atoms with van der Waals surface area (Å²) in [5, 5.41) is 0.399. The molecule has 0 aliphatic heterocycles. The Labute approximate surface area is 123 Å². The average Bonchev–Trinajstić information content (AvgIpc) is 2.78. The molecular formula is C15H18ClFN2O. The number of hydrogen-bond acceptors (Lipinski definition) is 3. The van der Waals surface area contributed by atoms with Gasteiger partial charge >= 0.3 is 0 Å². The number of likely N-dealkylation sites (N-methyl/N-ethyl adjacent to an activating group) is 1. The fourth-order valence-corrected chi connectivity index (χ4v) is 2.56. The van der Waals surface area contributed by atoms with Gasteiger partial charge in [0, 0.05) is 29.7 Å². The Morgan fingerprint density at radius 1 is 1.40 bits per heavy atom. The molecule has 20 heavy (non-hydrogen) atoms.